The van der Waals surface area contributed by atoms with Crippen LogP contribution in [0.3, 0.4) is 0 Å². The van der Waals surface area contributed by atoms with Gasteiger partial charge in [-0.25, -0.2) is 13.2 Å². The molecule has 2 aliphatic rings. The highest BCUT2D eigenvalue weighted by molar-refractivity contribution is 5.23. The first-order valence-corrected chi connectivity index (χ1v) is 10.9. The van der Waals surface area contributed by atoms with Gasteiger partial charge < -0.3 is 0 Å². The van der Waals surface area contributed by atoms with E-state index >= 15 is 0 Å². The molecule has 0 N–H and O–H groups in total. The summed E-state index contributed by atoms with van der Waals surface area (Å²) in [6.07, 6.45) is 18.3. The van der Waals surface area contributed by atoms with E-state index in [1.807, 2.05) is 0 Å². The zero-order valence-electron chi connectivity index (χ0n) is 16.5. The van der Waals surface area contributed by atoms with E-state index < -0.39 is 17.5 Å². The van der Waals surface area contributed by atoms with E-state index in [1.165, 1.54) is 57.1 Å². The number of unbranched alkanes of at least 4 members (excludes halogenated alkanes) is 1. The van der Waals surface area contributed by atoms with Crippen LogP contribution >= 0.6 is 0 Å². The van der Waals surface area contributed by atoms with E-state index in [1.54, 1.807) is 0 Å². The van der Waals surface area contributed by atoms with Crippen LogP contribution in [0.2, 0.25) is 0 Å². The van der Waals surface area contributed by atoms with Crippen molar-refractivity contribution in [2.24, 2.45) is 17.8 Å². The summed E-state index contributed by atoms with van der Waals surface area (Å²) in [6, 6.07) is 2.35. The van der Waals surface area contributed by atoms with Gasteiger partial charge in [0.2, 0.25) is 0 Å². The summed E-state index contributed by atoms with van der Waals surface area (Å²) in [5, 5.41) is 0. The fourth-order valence-corrected chi connectivity index (χ4v) is 4.93. The molecule has 2 fully saturated rings. The summed E-state index contributed by atoms with van der Waals surface area (Å²) in [5.41, 5.74) is 0.610. The van der Waals surface area contributed by atoms with Crippen molar-refractivity contribution in [1.29, 1.82) is 0 Å². The first kappa shape index (κ1) is 20.5. The van der Waals surface area contributed by atoms with Crippen molar-refractivity contribution >= 4 is 0 Å². The maximum absolute atomic E-state index is 13.5. The molecule has 3 heteroatoms. The second-order valence-electron chi connectivity index (χ2n) is 8.72. The largest absolute Gasteiger partial charge is 0.204 e. The van der Waals surface area contributed by atoms with E-state index in [9.17, 15) is 13.2 Å². The first-order chi connectivity index (χ1) is 13.1. The molecule has 0 amide bonds. The summed E-state index contributed by atoms with van der Waals surface area (Å²) in [7, 11) is 0. The monoisotopic (exact) mass is 378 g/mol. The van der Waals surface area contributed by atoms with Crippen LogP contribution in [0.4, 0.5) is 13.2 Å². The van der Waals surface area contributed by atoms with Gasteiger partial charge in [-0.05, 0) is 92.7 Å². The Kier molecular flexibility index (Phi) is 7.43. The Morgan fingerprint density at radius 1 is 0.815 bits per heavy atom. The Balaban J connectivity index is 1.44. The predicted molar refractivity (Wildman–Crippen MR) is 105 cm³/mol. The summed E-state index contributed by atoms with van der Waals surface area (Å²) in [6.45, 7) is 2.27. The number of hydrogen-bond donors (Lipinski definition) is 0. The van der Waals surface area contributed by atoms with Crippen LogP contribution in [-0.2, 0) is 0 Å². The van der Waals surface area contributed by atoms with Crippen LogP contribution in [0.5, 0.6) is 0 Å². The topological polar surface area (TPSA) is 0 Å². The van der Waals surface area contributed by atoms with Gasteiger partial charge >= 0.3 is 0 Å². The third kappa shape index (κ3) is 5.62. The number of rotatable bonds is 6. The van der Waals surface area contributed by atoms with Crippen molar-refractivity contribution in [3.8, 4) is 0 Å². The van der Waals surface area contributed by atoms with Gasteiger partial charge in [0, 0.05) is 0 Å². The van der Waals surface area contributed by atoms with Crippen LogP contribution in [0.15, 0.2) is 24.3 Å². The highest BCUT2D eigenvalue weighted by atomic mass is 19.2. The van der Waals surface area contributed by atoms with Crippen LogP contribution < -0.4 is 0 Å². The number of allylic oxidation sites excluding steroid dienone is 2. The molecule has 1 aromatic rings. The number of benzene rings is 1. The van der Waals surface area contributed by atoms with E-state index in [4.69, 9.17) is 0 Å². The molecule has 2 saturated carbocycles. The molecule has 2 aliphatic carbocycles. The van der Waals surface area contributed by atoms with Gasteiger partial charge in [0.25, 0.3) is 0 Å². The summed E-state index contributed by atoms with van der Waals surface area (Å²) < 4.78 is 40.1. The number of hydrogen-bond acceptors (Lipinski definition) is 0. The van der Waals surface area contributed by atoms with E-state index in [-0.39, 0.29) is 5.92 Å². The Bertz CT molecular complexity index is 598. The van der Waals surface area contributed by atoms with Crippen LogP contribution in [-0.4, -0.2) is 0 Å². The molecule has 0 atom stereocenters. The Hall–Kier alpha value is -1.25. The number of halogens is 3. The van der Waals surface area contributed by atoms with Gasteiger partial charge in [0.1, 0.15) is 0 Å². The molecule has 0 aromatic heterocycles. The SMILES string of the molecule is CCCC[C@H]1CC[C@H](C=C[C@H]2CC[C@H](c3cc(F)c(F)c(F)c3)CC2)CC1. The fourth-order valence-electron chi connectivity index (χ4n) is 4.93. The maximum atomic E-state index is 13.5. The van der Waals surface area contributed by atoms with Gasteiger partial charge in [-0.15, -0.1) is 0 Å². The van der Waals surface area contributed by atoms with E-state index in [0.717, 1.165) is 37.5 Å². The van der Waals surface area contributed by atoms with Crippen molar-refractivity contribution < 1.29 is 13.2 Å². The highest BCUT2D eigenvalue weighted by Gasteiger charge is 2.24. The van der Waals surface area contributed by atoms with Crippen molar-refractivity contribution in [1.82, 2.24) is 0 Å². The summed E-state index contributed by atoms with van der Waals surface area (Å²) in [4.78, 5) is 0. The van der Waals surface area contributed by atoms with Crippen molar-refractivity contribution in [3.63, 3.8) is 0 Å². The molecule has 0 heterocycles. The van der Waals surface area contributed by atoms with E-state index in [0.29, 0.717) is 11.5 Å². The van der Waals surface area contributed by atoms with Crippen LogP contribution in [0, 0.1) is 35.2 Å². The smallest absolute Gasteiger partial charge is 0.194 e. The van der Waals surface area contributed by atoms with Crippen LogP contribution in [0.25, 0.3) is 0 Å². The van der Waals surface area contributed by atoms with Gasteiger partial charge in [-0.3, -0.25) is 0 Å². The molecule has 1 aromatic carbocycles. The molecule has 0 bridgehead atoms. The molecule has 0 radical (unpaired) electrons. The van der Waals surface area contributed by atoms with Crippen molar-refractivity contribution in [2.75, 3.05) is 0 Å². The normalized spacial score (nSPS) is 29.3. The standard InChI is InChI=1S/C24H33F3/c1-2-3-4-17-5-7-18(8-6-17)9-10-19-11-13-20(14-12-19)21-15-22(25)24(27)23(26)16-21/h9-10,15-20H,2-8,11-14H2,1H3/t17-,18-,19-,20-. The Labute approximate surface area is 162 Å². The molecular weight excluding hydrogens is 345 g/mol. The molecule has 0 aliphatic heterocycles. The summed E-state index contributed by atoms with van der Waals surface area (Å²) >= 11 is 0. The third-order valence-electron chi connectivity index (χ3n) is 6.76. The molecule has 0 spiro atoms. The fraction of sp³-hybridized carbons (Fsp3) is 0.667. The Morgan fingerprint density at radius 2 is 1.33 bits per heavy atom. The van der Waals surface area contributed by atoms with Gasteiger partial charge in [0.05, 0.1) is 0 Å². The highest BCUT2D eigenvalue weighted by Crippen LogP contribution is 2.38. The molecule has 0 saturated heterocycles. The lowest BCUT2D eigenvalue weighted by atomic mass is 9.77. The lowest BCUT2D eigenvalue weighted by molar-refractivity contribution is 0.289. The zero-order valence-corrected chi connectivity index (χ0v) is 16.5. The second kappa shape index (κ2) is 9.80. The van der Waals surface area contributed by atoms with E-state index in [2.05, 4.69) is 19.1 Å². The minimum Gasteiger partial charge on any atom is -0.204 e. The zero-order chi connectivity index (χ0) is 19.2. The average molecular weight is 379 g/mol. The Morgan fingerprint density at radius 3 is 1.85 bits per heavy atom. The molecule has 0 unspecified atom stereocenters. The molecule has 3 rings (SSSR count). The van der Waals surface area contributed by atoms with Crippen molar-refractivity contribution in [3.05, 3.63) is 47.3 Å². The van der Waals surface area contributed by atoms with Gasteiger partial charge in [0.15, 0.2) is 17.5 Å². The lowest BCUT2D eigenvalue weighted by Crippen LogP contribution is -2.15. The molecule has 27 heavy (non-hydrogen) atoms. The predicted octanol–water partition coefficient (Wildman–Crippen LogP) is 7.93. The minimum atomic E-state index is -1.36. The van der Waals surface area contributed by atoms with Gasteiger partial charge in [-0.2, -0.15) is 0 Å². The maximum Gasteiger partial charge on any atom is 0.194 e. The molecule has 150 valence electrons. The van der Waals surface area contributed by atoms with Gasteiger partial charge in [-0.1, -0.05) is 38.3 Å². The minimum absolute atomic E-state index is 0.147. The quantitative estimate of drug-likeness (QED) is 0.348. The molecular formula is C24H33F3. The van der Waals surface area contributed by atoms with Crippen LogP contribution in [0.1, 0.15) is 89.0 Å². The lowest BCUT2D eigenvalue weighted by Gasteiger charge is -2.29. The first-order valence-electron chi connectivity index (χ1n) is 10.9. The third-order valence-corrected chi connectivity index (χ3v) is 6.76. The van der Waals surface area contributed by atoms with Crippen molar-refractivity contribution in [2.45, 2.75) is 83.5 Å². The average Bonchev–Trinajstić information content (AvgIpc) is 2.69. The second-order valence-corrected chi connectivity index (χ2v) is 8.72. The summed E-state index contributed by atoms with van der Waals surface area (Å²) in [5.74, 6) is -1.09. The molecule has 0 nitrogen and oxygen atoms in total.